The van der Waals surface area contributed by atoms with Crippen LogP contribution in [0.2, 0.25) is 0 Å². The number of hydrogen-bond acceptors (Lipinski definition) is 4. The summed E-state index contributed by atoms with van der Waals surface area (Å²) >= 11 is 3.80. The highest BCUT2D eigenvalue weighted by Crippen LogP contribution is 2.50. The molecular weight excluding hydrogens is 669 g/mol. The fourth-order valence-electron chi connectivity index (χ4n) is 7.88. The van der Waals surface area contributed by atoms with E-state index < -0.39 is 0 Å². The largest absolute Gasteiger partial charge is 0.343 e. The van der Waals surface area contributed by atoms with Gasteiger partial charge in [0.15, 0.2) is 0 Å². The van der Waals surface area contributed by atoms with E-state index >= 15 is 0 Å². The Labute approximate surface area is 311 Å². The van der Waals surface area contributed by atoms with E-state index in [1.54, 1.807) is 0 Å². The second-order valence-corrected chi connectivity index (χ2v) is 15.5. The Morgan fingerprint density at radius 3 is 1.90 bits per heavy atom. The number of rotatable bonds is 6. The maximum Gasteiger partial charge on any atom is 0.0598 e. The molecule has 0 amide bonds. The van der Waals surface area contributed by atoms with Crippen molar-refractivity contribution in [2.45, 2.75) is 0 Å². The van der Waals surface area contributed by atoms with Crippen LogP contribution < -0.4 is 9.80 Å². The zero-order valence-corrected chi connectivity index (χ0v) is 30.5. The van der Waals surface area contributed by atoms with Crippen molar-refractivity contribution < 1.29 is 0 Å². The van der Waals surface area contributed by atoms with E-state index in [-0.39, 0.29) is 0 Å². The molecule has 4 heteroatoms. The average Bonchev–Trinajstić information content (AvgIpc) is 3.80. The minimum absolute atomic E-state index is 1.17. The average molecular weight is 703 g/mol. The maximum atomic E-state index is 2.36. The summed E-state index contributed by atoms with van der Waals surface area (Å²) in [6.07, 6.45) is 0. The van der Waals surface area contributed by atoms with Crippen LogP contribution in [0.5, 0.6) is 0 Å². The first-order chi connectivity index (χ1) is 25.6. The van der Waals surface area contributed by atoms with Crippen LogP contribution in [0.15, 0.2) is 170 Å². The molecular formula is C48H34N2S2. The summed E-state index contributed by atoms with van der Waals surface area (Å²) in [5.74, 6) is 0. The van der Waals surface area contributed by atoms with Gasteiger partial charge in [-0.15, -0.1) is 22.7 Å². The summed E-state index contributed by atoms with van der Waals surface area (Å²) < 4.78 is 5.24. The van der Waals surface area contributed by atoms with Crippen molar-refractivity contribution in [2.75, 3.05) is 23.9 Å². The summed E-state index contributed by atoms with van der Waals surface area (Å²) in [5, 5.41) is 7.74. The van der Waals surface area contributed by atoms with E-state index in [0.29, 0.717) is 0 Å². The molecule has 0 radical (unpaired) electrons. The predicted octanol–water partition coefficient (Wildman–Crippen LogP) is 14.4. The molecule has 0 aliphatic rings. The van der Waals surface area contributed by atoms with Crippen LogP contribution in [-0.2, 0) is 0 Å². The van der Waals surface area contributed by atoms with Crippen molar-refractivity contribution in [3.05, 3.63) is 170 Å². The third kappa shape index (κ3) is 4.90. The van der Waals surface area contributed by atoms with Gasteiger partial charge in [0.05, 0.1) is 20.8 Å². The predicted molar refractivity (Wildman–Crippen MR) is 230 cm³/mol. The number of thiophene rings is 2. The van der Waals surface area contributed by atoms with Crippen molar-refractivity contribution in [1.29, 1.82) is 0 Å². The Morgan fingerprint density at radius 1 is 0.385 bits per heavy atom. The summed E-state index contributed by atoms with van der Waals surface area (Å²) in [5.41, 5.74) is 9.83. The number of nitrogens with zero attached hydrogens (tertiary/aromatic N) is 2. The van der Waals surface area contributed by atoms with Crippen molar-refractivity contribution >= 4 is 96.5 Å². The van der Waals surface area contributed by atoms with Gasteiger partial charge in [0.25, 0.3) is 0 Å². The second kappa shape index (κ2) is 12.4. The van der Waals surface area contributed by atoms with Crippen molar-refractivity contribution in [3.8, 4) is 22.3 Å². The molecule has 0 saturated carbocycles. The second-order valence-electron chi connectivity index (χ2n) is 13.4. The normalized spacial score (nSPS) is 11.7. The molecule has 2 aromatic heterocycles. The van der Waals surface area contributed by atoms with Gasteiger partial charge in [-0.1, -0.05) is 133 Å². The monoisotopic (exact) mass is 702 g/mol. The zero-order chi connectivity index (χ0) is 34.8. The highest BCUT2D eigenvalue weighted by molar-refractivity contribution is 7.27. The first kappa shape index (κ1) is 30.8. The molecule has 0 atom stereocenters. The van der Waals surface area contributed by atoms with E-state index in [4.69, 9.17) is 0 Å². The number of fused-ring (bicyclic) bond motifs is 7. The van der Waals surface area contributed by atoms with Gasteiger partial charge in [-0.2, -0.15) is 0 Å². The topological polar surface area (TPSA) is 6.48 Å². The molecule has 0 bridgehead atoms. The molecule has 2 nitrogen and oxygen atoms in total. The van der Waals surface area contributed by atoms with E-state index in [0.717, 1.165) is 0 Å². The first-order valence-electron chi connectivity index (χ1n) is 17.6. The van der Waals surface area contributed by atoms with Crippen molar-refractivity contribution in [1.82, 2.24) is 0 Å². The van der Waals surface area contributed by atoms with Crippen LogP contribution >= 0.6 is 22.7 Å². The van der Waals surface area contributed by atoms with Crippen molar-refractivity contribution in [3.63, 3.8) is 0 Å². The first-order valence-corrected chi connectivity index (χ1v) is 19.3. The lowest BCUT2D eigenvalue weighted by atomic mass is 9.97. The van der Waals surface area contributed by atoms with Gasteiger partial charge in [0.2, 0.25) is 0 Å². The van der Waals surface area contributed by atoms with E-state index in [2.05, 4.69) is 194 Å². The molecule has 52 heavy (non-hydrogen) atoms. The van der Waals surface area contributed by atoms with Gasteiger partial charge in [-0.3, -0.25) is 0 Å². The van der Waals surface area contributed by atoms with Crippen LogP contribution in [0, 0.1) is 0 Å². The highest BCUT2D eigenvalue weighted by atomic mass is 32.1. The fourth-order valence-corrected chi connectivity index (χ4v) is 10.5. The highest BCUT2D eigenvalue weighted by Gasteiger charge is 2.21. The molecule has 0 N–H and O–H groups in total. The smallest absolute Gasteiger partial charge is 0.0598 e. The molecule has 10 aromatic rings. The Hall–Kier alpha value is -5.94. The minimum Gasteiger partial charge on any atom is -0.343 e. The van der Waals surface area contributed by atoms with Crippen LogP contribution in [0.1, 0.15) is 0 Å². The lowest BCUT2D eigenvalue weighted by Gasteiger charge is -2.22. The standard InChI is InChI=1S/C48H34N2S2/c1-49(34-19-10-18-33(30-34)31-14-4-3-5-15-31)43-29-28-36(45-40-21-8-9-27-44(40)51-48(43)45)37-22-12-23-38-39-24-13-26-42(47(39)52-46(37)38)50(2)41-25-11-17-32-16-6-7-20-35(32)41/h3-30H,1-2H3. The Morgan fingerprint density at radius 2 is 1.02 bits per heavy atom. The van der Waals surface area contributed by atoms with E-state index in [1.165, 1.54) is 96.1 Å². The molecule has 0 saturated heterocycles. The third-order valence-corrected chi connectivity index (χ3v) is 13.0. The van der Waals surface area contributed by atoms with Gasteiger partial charge >= 0.3 is 0 Å². The van der Waals surface area contributed by atoms with Gasteiger partial charge < -0.3 is 9.80 Å². The van der Waals surface area contributed by atoms with Gasteiger partial charge in [0.1, 0.15) is 0 Å². The van der Waals surface area contributed by atoms with Gasteiger partial charge in [-0.05, 0) is 58.5 Å². The SMILES string of the molecule is CN(c1cccc2ccccc12)c1cccc2c1sc1c(-c3ccc(N(C)c4cccc(-c5ccccc5)c4)c4sc5ccccc5c34)cccc12. The Balaban J connectivity index is 1.15. The maximum absolute atomic E-state index is 2.36. The molecule has 248 valence electrons. The van der Waals surface area contributed by atoms with Crippen LogP contribution in [0.4, 0.5) is 22.7 Å². The minimum atomic E-state index is 1.17. The van der Waals surface area contributed by atoms with Crippen LogP contribution in [0.3, 0.4) is 0 Å². The number of benzene rings is 8. The van der Waals surface area contributed by atoms with Crippen LogP contribution in [-0.4, -0.2) is 14.1 Å². The lowest BCUT2D eigenvalue weighted by molar-refractivity contribution is 1.23. The van der Waals surface area contributed by atoms with Gasteiger partial charge in [-0.25, -0.2) is 0 Å². The van der Waals surface area contributed by atoms with Gasteiger partial charge in [0, 0.05) is 67.4 Å². The van der Waals surface area contributed by atoms with Crippen LogP contribution in [0.25, 0.3) is 73.4 Å². The summed E-state index contributed by atoms with van der Waals surface area (Å²) in [6.45, 7) is 0. The molecule has 0 fully saturated rings. The third-order valence-electron chi connectivity index (χ3n) is 10.5. The summed E-state index contributed by atoms with van der Waals surface area (Å²) in [6, 6.07) is 61.9. The molecule has 0 spiro atoms. The molecule has 0 aliphatic carbocycles. The molecule has 0 unspecified atom stereocenters. The Bertz CT molecular complexity index is 2950. The molecule has 8 aromatic carbocycles. The Kier molecular flexibility index (Phi) is 7.34. The summed E-state index contributed by atoms with van der Waals surface area (Å²) in [4.78, 5) is 4.71. The number of hydrogen-bond donors (Lipinski definition) is 0. The molecule has 10 rings (SSSR count). The molecule has 0 aliphatic heterocycles. The fraction of sp³-hybridized carbons (Fsp3) is 0.0417. The summed E-state index contributed by atoms with van der Waals surface area (Å²) in [7, 11) is 4.40. The number of anilines is 4. The lowest BCUT2D eigenvalue weighted by Crippen LogP contribution is -2.09. The van der Waals surface area contributed by atoms with E-state index in [9.17, 15) is 0 Å². The quantitative estimate of drug-likeness (QED) is 0.170. The van der Waals surface area contributed by atoms with E-state index in [1.807, 2.05) is 22.7 Å². The molecule has 2 heterocycles. The zero-order valence-electron chi connectivity index (χ0n) is 28.9. The van der Waals surface area contributed by atoms with Crippen molar-refractivity contribution in [2.24, 2.45) is 0 Å².